The number of nitrogens with one attached hydrogen (secondary N) is 1. The van der Waals surface area contributed by atoms with Crippen LogP contribution in [0.2, 0.25) is 0 Å². The van der Waals surface area contributed by atoms with Gasteiger partial charge in [-0.3, -0.25) is 4.90 Å². The maximum absolute atomic E-state index is 5.08. The molecule has 1 saturated heterocycles. The lowest BCUT2D eigenvalue weighted by molar-refractivity contribution is 0.142. The molecule has 0 bridgehead atoms. The summed E-state index contributed by atoms with van der Waals surface area (Å²) in [5, 5.41) is 7.96. The summed E-state index contributed by atoms with van der Waals surface area (Å²) in [5.41, 5.74) is 1.49. The molecule has 0 saturated carbocycles. The van der Waals surface area contributed by atoms with Crippen LogP contribution in [0.25, 0.3) is 0 Å². The average Bonchev–Trinajstić information content (AvgIpc) is 2.96. The maximum Gasteiger partial charge on any atom is 0.0587 e. The van der Waals surface area contributed by atoms with Crippen molar-refractivity contribution in [2.45, 2.75) is 31.7 Å². The summed E-state index contributed by atoms with van der Waals surface area (Å²) in [6.45, 7) is 5.34. The second kappa shape index (κ2) is 8.69. The molecular formula is C15H26N2OS. The first-order chi connectivity index (χ1) is 9.40. The fourth-order valence-corrected chi connectivity index (χ4v) is 3.44. The number of hydrogen-bond acceptors (Lipinski definition) is 4. The number of likely N-dealkylation sites (tertiary alicyclic amines) is 1. The highest BCUT2D eigenvalue weighted by Gasteiger charge is 2.21. The van der Waals surface area contributed by atoms with E-state index >= 15 is 0 Å². The molecule has 0 spiro atoms. The lowest BCUT2D eigenvalue weighted by Crippen LogP contribution is -2.46. The highest BCUT2D eigenvalue weighted by Crippen LogP contribution is 2.17. The second-order valence-electron chi connectivity index (χ2n) is 5.26. The number of piperidine rings is 1. The minimum absolute atomic E-state index is 0.712. The largest absolute Gasteiger partial charge is 0.383 e. The summed E-state index contributed by atoms with van der Waals surface area (Å²) in [4.78, 5) is 2.67. The van der Waals surface area contributed by atoms with Crippen LogP contribution >= 0.6 is 11.3 Å². The van der Waals surface area contributed by atoms with Crippen LogP contribution in [0.1, 0.15) is 24.8 Å². The van der Waals surface area contributed by atoms with Gasteiger partial charge in [0.15, 0.2) is 0 Å². The number of rotatable bonds is 8. The first-order valence-corrected chi connectivity index (χ1v) is 8.29. The van der Waals surface area contributed by atoms with E-state index in [1.807, 2.05) is 0 Å². The third-order valence-electron chi connectivity index (χ3n) is 3.88. The highest BCUT2D eigenvalue weighted by molar-refractivity contribution is 7.07. The van der Waals surface area contributed by atoms with Crippen LogP contribution in [0.15, 0.2) is 16.8 Å². The van der Waals surface area contributed by atoms with Crippen LogP contribution in [0.4, 0.5) is 0 Å². The first-order valence-electron chi connectivity index (χ1n) is 7.35. The molecule has 1 aromatic rings. The molecule has 2 rings (SSSR count). The van der Waals surface area contributed by atoms with E-state index in [2.05, 4.69) is 27.0 Å². The van der Waals surface area contributed by atoms with Crippen molar-refractivity contribution in [2.24, 2.45) is 0 Å². The van der Waals surface area contributed by atoms with Crippen molar-refractivity contribution in [3.8, 4) is 0 Å². The van der Waals surface area contributed by atoms with E-state index in [0.29, 0.717) is 6.04 Å². The second-order valence-corrected chi connectivity index (χ2v) is 6.04. The van der Waals surface area contributed by atoms with E-state index < -0.39 is 0 Å². The molecule has 3 nitrogen and oxygen atoms in total. The molecule has 19 heavy (non-hydrogen) atoms. The Kier molecular flexibility index (Phi) is 6.85. The van der Waals surface area contributed by atoms with E-state index in [4.69, 9.17) is 4.74 Å². The van der Waals surface area contributed by atoms with Crippen molar-refractivity contribution in [3.63, 3.8) is 0 Å². The Bertz CT molecular complexity index is 329. The van der Waals surface area contributed by atoms with Crippen molar-refractivity contribution in [3.05, 3.63) is 22.4 Å². The van der Waals surface area contributed by atoms with Gasteiger partial charge in [-0.1, -0.05) is 6.42 Å². The van der Waals surface area contributed by atoms with Crippen molar-refractivity contribution < 1.29 is 4.74 Å². The van der Waals surface area contributed by atoms with Crippen LogP contribution in [0.5, 0.6) is 0 Å². The van der Waals surface area contributed by atoms with E-state index in [1.165, 1.54) is 44.3 Å². The Labute approximate surface area is 121 Å². The molecule has 1 unspecified atom stereocenters. The standard InChI is InChI=1S/C15H26N2OS/c1-18-10-7-16-12-15-4-2-3-8-17(15)9-5-14-6-11-19-13-14/h6,11,13,15-16H,2-5,7-10,12H2,1H3. The fourth-order valence-electron chi connectivity index (χ4n) is 2.74. The number of nitrogens with zero attached hydrogens (tertiary/aromatic N) is 1. The van der Waals surface area contributed by atoms with Gasteiger partial charge in [0.05, 0.1) is 6.61 Å². The molecule has 1 aliphatic heterocycles. The quantitative estimate of drug-likeness (QED) is 0.741. The lowest BCUT2D eigenvalue weighted by atomic mass is 10.0. The number of ether oxygens (including phenoxy) is 1. The SMILES string of the molecule is COCCNCC1CCCCN1CCc1ccsc1. The van der Waals surface area contributed by atoms with Gasteiger partial charge in [-0.05, 0) is 48.2 Å². The zero-order valence-electron chi connectivity index (χ0n) is 11.9. The Balaban J connectivity index is 1.72. The molecule has 1 N–H and O–H groups in total. The van der Waals surface area contributed by atoms with Crippen molar-refractivity contribution in [2.75, 3.05) is 39.9 Å². The summed E-state index contributed by atoms with van der Waals surface area (Å²) in [6.07, 6.45) is 5.27. The molecule has 4 heteroatoms. The van der Waals surface area contributed by atoms with Crippen LogP contribution in [-0.4, -0.2) is 50.8 Å². The van der Waals surface area contributed by atoms with Gasteiger partial charge < -0.3 is 10.1 Å². The van der Waals surface area contributed by atoms with Gasteiger partial charge >= 0.3 is 0 Å². The lowest BCUT2D eigenvalue weighted by Gasteiger charge is -2.36. The third-order valence-corrected chi connectivity index (χ3v) is 4.61. The smallest absolute Gasteiger partial charge is 0.0587 e. The van der Waals surface area contributed by atoms with Crippen LogP contribution in [0.3, 0.4) is 0 Å². The zero-order valence-corrected chi connectivity index (χ0v) is 12.8. The predicted octanol–water partition coefficient (Wildman–Crippen LogP) is 2.38. The van der Waals surface area contributed by atoms with Gasteiger partial charge in [-0.15, -0.1) is 0 Å². The average molecular weight is 282 g/mol. The first kappa shape index (κ1) is 15.0. The molecule has 1 aromatic heterocycles. The zero-order chi connectivity index (χ0) is 13.3. The van der Waals surface area contributed by atoms with Crippen LogP contribution < -0.4 is 5.32 Å². The minimum atomic E-state index is 0.712. The topological polar surface area (TPSA) is 24.5 Å². The Morgan fingerprint density at radius 1 is 1.47 bits per heavy atom. The van der Waals surface area contributed by atoms with Gasteiger partial charge in [-0.25, -0.2) is 0 Å². The number of thiophene rings is 1. The summed E-state index contributed by atoms with van der Waals surface area (Å²) >= 11 is 1.80. The Morgan fingerprint density at radius 3 is 3.21 bits per heavy atom. The van der Waals surface area contributed by atoms with Crippen molar-refractivity contribution in [1.82, 2.24) is 10.2 Å². The fraction of sp³-hybridized carbons (Fsp3) is 0.733. The van der Waals surface area contributed by atoms with E-state index in [0.717, 1.165) is 19.7 Å². The molecule has 0 aromatic carbocycles. The Hall–Kier alpha value is -0.420. The normalized spacial score (nSPS) is 20.8. The molecule has 1 aliphatic rings. The van der Waals surface area contributed by atoms with E-state index in [1.54, 1.807) is 18.4 Å². The van der Waals surface area contributed by atoms with Gasteiger partial charge in [0.2, 0.25) is 0 Å². The molecular weight excluding hydrogens is 256 g/mol. The summed E-state index contributed by atoms with van der Waals surface area (Å²) in [7, 11) is 1.76. The molecule has 108 valence electrons. The third kappa shape index (κ3) is 5.22. The highest BCUT2D eigenvalue weighted by atomic mass is 32.1. The molecule has 0 amide bonds. The molecule has 0 radical (unpaired) electrons. The predicted molar refractivity (Wildman–Crippen MR) is 82.0 cm³/mol. The van der Waals surface area contributed by atoms with E-state index in [-0.39, 0.29) is 0 Å². The van der Waals surface area contributed by atoms with Gasteiger partial charge in [0.1, 0.15) is 0 Å². The van der Waals surface area contributed by atoms with Crippen LogP contribution in [0, 0.1) is 0 Å². The van der Waals surface area contributed by atoms with Gasteiger partial charge in [0, 0.05) is 32.8 Å². The molecule has 1 fully saturated rings. The molecule has 1 atom stereocenters. The number of methoxy groups -OCH3 is 1. The van der Waals surface area contributed by atoms with Crippen molar-refractivity contribution >= 4 is 11.3 Å². The summed E-state index contributed by atoms with van der Waals surface area (Å²) < 4.78 is 5.08. The molecule has 2 heterocycles. The minimum Gasteiger partial charge on any atom is -0.383 e. The number of hydrogen-bond donors (Lipinski definition) is 1. The summed E-state index contributed by atoms with van der Waals surface area (Å²) in [6, 6.07) is 2.96. The maximum atomic E-state index is 5.08. The van der Waals surface area contributed by atoms with Crippen LogP contribution in [-0.2, 0) is 11.2 Å². The Morgan fingerprint density at radius 2 is 2.42 bits per heavy atom. The van der Waals surface area contributed by atoms with E-state index in [9.17, 15) is 0 Å². The van der Waals surface area contributed by atoms with Gasteiger partial charge in [0.25, 0.3) is 0 Å². The summed E-state index contributed by atoms with van der Waals surface area (Å²) in [5.74, 6) is 0. The van der Waals surface area contributed by atoms with Crippen molar-refractivity contribution in [1.29, 1.82) is 0 Å². The van der Waals surface area contributed by atoms with Gasteiger partial charge in [-0.2, -0.15) is 11.3 Å². The molecule has 0 aliphatic carbocycles. The monoisotopic (exact) mass is 282 g/mol.